The Hall–Kier alpha value is -1.36. The first-order chi connectivity index (χ1) is 7.83. The lowest BCUT2D eigenvalue weighted by atomic mass is 9.98. The lowest BCUT2D eigenvalue weighted by Crippen LogP contribution is -2.34. The summed E-state index contributed by atoms with van der Waals surface area (Å²) in [6.45, 7) is 2.21. The molecule has 0 saturated carbocycles. The van der Waals surface area contributed by atoms with Crippen molar-refractivity contribution < 1.29 is 9.84 Å². The Morgan fingerprint density at radius 1 is 1.50 bits per heavy atom. The van der Waals surface area contributed by atoms with Gasteiger partial charge in [0.25, 0.3) is 0 Å². The molecule has 0 aromatic carbocycles. The molecule has 1 aromatic heterocycles. The van der Waals surface area contributed by atoms with Crippen LogP contribution in [0.15, 0.2) is 12.3 Å². The van der Waals surface area contributed by atoms with Gasteiger partial charge in [0.15, 0.2) is 0 Å². The van der Waals surface area contributed by atoms with Gasteiger partial charge in [0.1, 0.15) is 0 Å². The Labute approximate surface area is 95.1 Å². The van der Waals surface area contributed by atoms with Gasteiger partial charge in [0, 0.05) is 25.8 Å². The molecule has 2 heterocycles. The first-order valence-corrected chi connectivity index (χ1v) is 5.56. The zero-order valence-electron chi connectivity index (χ0n) is 9.46. The third-order valence-electron chi connectivity index (χ3n) is 3.06. The minimum Gasteiger partial charge on any atom is -0.480 e. The smallest absolute Gasteiger partial charge is 0.235 e. The molecule has 0 radical (unpaired) electrons. The van der Waals surface area contributed by atoms with E-state index >= 15 is 0 Å². The zero-order valence-corrected chi connectivity index (χ0v) is 9.46. The molecule has 0 aliphatic carbocycles. The molecule has 0 amide bonds. The average molecular weight is 223 g/mol. The summed E-state index contributed by atoms with van der Waals surface area (Å²) in [4.78, 5) is 2.25. The van der Waals surface area contributed by atoms with E-state index in [1.54, 1.807) is 13.3 Å². The van der Waals surface area contributed by atoms with Gasteiger partial charge in [-0.25, -0.2) is 0 Å². The van der Waals surface area contributed by atoms with Crippen molar-refractivity contribution in [2.24, 2.45) is 5.92 Å². The van der Waals surface area contributed by atoms with Crippen LogP contribution in [0.5, 0.6) is 5.88 Å². The van der Waals surface area contributed by atoms with E-state index < -0.39 is 0 Å². The Kier molecular flexibility index (Phi) is 3.56. The topological polar surface area (TPSA) is 58.5 Å². The van der Waals surface area contributed by atoms with E-state index in [1.807, 2.05) is 6.07 Å². The van der Waals surface area contributed by atoms with Gasteiger partial charge < -0.3 is 14.7 Å². The highest BCUT2D eigenvalue weighted by atomic mass is 16.5. The van der Waals surface area contributed by atoms with Crippen molar-refractivity contribution in [1.29, 1.82) is 0 Å². The summed E-state index contributed by atoms with van der Waals surface area (Å²) >= 11 is 0. The number of piperidine rings is 1. The van der Waals surface area contributed by atoms with Crippen LogP contribution in [0.4, 0.5) is 5.69 Å². The van der Waals surface area contributed by atoms with Crippen LogP contribution in [-0.2, 0) is 0 Å². The van der Waals surface area contributed by atoms with Crippen molar-refractivity contribution in [1.82, 2.24) is 10.2 Å². The van der Waals surface area contributed by atoms with Crippen LogP contribution < -0.4 is 9.64 Å². The maximum Gasteiger partial charge on any atom is 0.235 e. The summed E-state index contributed by atoms with van der Waals surface area (Å²) < 4.78 is 5.05. The standard InChI is InChI=1S/C11H17N3O2/c1-16-11-6-10(7-12-13-11)14-4-2-9(8-15)3-5-14/h6-7,9,15H,2-5,8H2,1H3. The molecule has 1 saturated heterocycles. The number of methoxy groups -OCH3 is 1. The van der Waals surface area contributed by atoms with Gasteiger partial charge in [-0.2, -0.15) is 5.10 Å². The Balaban J connectivity index is 2.02. The van der Waals surface area contributed by atoms with Crippen LogP contribution >= 0.6 is 0 Å². The first-order valence-electron chi connectivity index (χ1n) is 5.56. The summed E-state index contributed by atoms with van der Waals surface area (Å²) in [5.74, 6) is 0.995. The number of hydrogen-bond acceptors (Lipinski definition) is 5. The molecule has 0 bridgehead atoms. The molecular weight excluding hydrogens is 206 g/mol. The predicted octanol–water partition coefficient (Wildman–Crippen LogP) is 0.694. The molecule has 0 unspecified atom stereocenters. The molecule has 2 rings (SSSR count). The number of aliphatic hydroxyl groups is 1. The third-order valence-corrected chi connectivity index (χ3v) is 3.06. The van der Waals surface area contributed by atoms with Crippen molar-refractivity contribution in [3.8, 4) is 5.88 Å². The summed E-state index contributed by atoms with van der Waals surface area (Å²) in [5.41, 5.74) is 1.04. The Morgan fingerprint density at radius 3 is 2.88 bits per heavy atom. The molecule has 1 aromatic rings. The second kappa shape index (κ2) is 5.12. The van der Waals surface area contributed by atoms with Gasteiger partial charge in [-0.3, -0.25) is 0 Å². The van der Waals surface area contributed by atoms with E-state index in [4.69, 9.17) is 9.84 Å². The SMILES string of the molecule is COc1cc(N2CCC(CO)CC2)cnn1. The molecule has 0 atom stereocenters. The van der Waals surface area contributed by atoms with Crippen LogP contribution in [0.1, 0.15) is 12.8 Å². The van der Waals surface area contributed by atoms with Gasteiger partial charge in [0.05, 0.1) is 19.0 Å². The summed E-state index contributed by atoms with van der Waals surface area (Å²) in [6, 6.07) is 1.90. The molecule has 1 fully saturated rings. The van der Waals surface area contributed by atoms with Crippen molar-refractivity contribution in [2.45, 2.75) is 12.8 Å². The molecule has 1 aliphatic rings. The fraction of sp³-hybridized carbons (Fsp3) is 0.636. The first kappa shape index (κ1) is 11.1. The number of anilines is 1. The van der Waals surface area contributed by atoms with E-state index in [-0.39, 0.29) is 0 Å². The molecule has 0 spiro atoms. The maximum absolute atomic E-state index is 9.07. The highest BCUT2D eigenvalue weighted by Crippen LogP contribution is 2.23. The molecule has 5 nitrogen and oxygen atoms in total. The van der Waals surface area contributed by atoms with E-state index in [1.165, 1.54) is 0 Å². The fourth-order valence-corrected chi connectivity index (χ4v) is 1.98. The molecule has 16 heavy (non-hydrogen) atoms. The molecule has 88 valence electrons. The minimum absolute atomic E-state index is 0.297. The summed E-state index contributed by atoms with van der Waals surface area (Å²) in [6.07, 6.45) is 3.81. The number of nitrogens with zero attached hydrogens (tertiary/aromatic N) is 3. The molecule has 1 N–H and O–H groups in total. The Morgan fingerprint density at radius 2 is 2.25 bits per heavy atom. The highest BCUT2D eigenvalue weighted by molar-refractivity contribution is 5.46. The maximum atomic E-state index is 9.07. The fourth-order valence-electron chi connectivity index (χ4n) is 1.98. The van der Waals surface area contributed by atoms with Crippen molar-refractivity contribution in [3.05, 3.63) is 12.3 Å². The third kappa shape index (κ3) is 2.41. The lowest BCUT2D eigenvalue weighted by molar-refractivity contribution is 0.203. The van der Waals surface area contributed by atoms with Crippen molar-refractivity contribution in [3.63, 3.8) is 0 Å². The van der Waals surface area contributed by atoms with Gasteiger partial charge in [-0.15, -0.1) is 5.10 Å². The molecular formula is C11H17N3O2. The van der Waals surface area contributed by atoms with Crippen LogP contribution in [0, 0.1) is 5.92 Å². The van der Waals surface area contributed by atoms with Gasteiger partial charge in [0.2, 0.25) is 5.88 Å². The normalized spacial score (nSPS) is 17.5. The van der Waals surface area contributed by atoms with Gasteiger partial charge in [-0.1, -0.05) is 0 Å². The Bertz CT molecular complexity index is 338. The molecule has 1 aliphatic heterocycles. The van der Waals surface area contributed by atoms with Crippen LogP contribution in [0.2, 0.25) is 0 Å². The zero-order chi connectivity index (χ0) is 11.4. The number of hydrogen-bond donors (Lipinski definition) is 1. The van der Waals surface area contributed by atoms with Gasteiger partial charge >= 0.3 is 0 Å². The quantitative estimate of drug-likeness (QED) is 0.817. The van der Waals surface area contributed by atoms with E-state index in [2.05, 4.69) is 15.1 Å². The second-order valence-electron chi connectivity index (χ2n) is 4.07. The van der Waals surface area contributed by atoms with Crippen LogP contribution in [0.3, 0.4) is 0 Å². The van der Waals surface area contributed by atoms with E-state index in [0.717, 1.165) is 31.6 Å². The van der Waals surface area contributed by atoms with Crippen LogP contribution in [-0.4, -0.2) is 42.1 Å². The minimum atomic E-state index is 0.297. The van der Waals surface area contributed by atoms with Crippen molar-refractivity contribution in [2.75, 3.05) is 31.7 Å². The number of ether oxygens (including phenoxy) is 1. The summed E-state index contributed by atoms with van der Waals surface area (Å²) in [7, 11) is 1.59. The highest BCUT2D eigenvalue weighted by Gasteiger charge is 2.19. The van der Waals surface area contributed by atoms with E-state index in [0.29, 0.717) is 18.4 Å². The predicted molar refractivity (Wildman–Crippen MR) is 60.6 cm³/mol. The van der Waals surface area contributed by atoms with Gasteiger partial charge in [-0.05, 0) is 18.8 Å². The summed E-state index contributed by atoms with van der Waals surface area (Å²) in [5, 5.41) is 16.8. The number of rotatable bonds is 3. The van der Waals surface area contributed by atoms with E-state index in [9.17, 15) is 0 Å². The number of aliphatic hydroxyl groups excluding tert-OH is 1. The second-order valence-corrected chi connectivity index (χ2v) is 4.07. The average Bonchev–Trinajstić information content (AvgIpc) is 2.39. The van der Waals surface area contributed by atoms with Crippen molar-refractivity contribution >= 4 is 5.69 Å². The number of aromatic nitrogens is 2. The lowest BCUT2D eigenvalue weighted by Gasteiger charge is -2.32. The van der Waals surface area contributed by atoms with Crippen LogP contribution in [0.25, 0.3) is 0 Å². The monoisotopic (exact) mass is 223 g/mol. The largest absolute Gasteiger partial charge is 0.480 e. The molecule has 5 heteroatoms.